The van der Waals surface area contributed by atoms with Crippen LogP contribution in [-0.2, 0) is 24.8 Å². The van der Waals surface area contributed by atoms with Crippen LogP contribution in [0, 0.1) is 0 Å². The number of carbonyl (C=O) groups is 1. The van der Waals surface area contributed by atoms with Gasteiger partial charge in [0.05, 0.1) is 26.6 Å². The lowest BCUT2D eigenvalue weighted by atomic mass is 10.1. The standard InChI is InChI=1S/C18H27N3O7S2/c1-27-16-6-5-14(12-17(16)30(25,26)20-8-10-28-11-9-20)18(22)19-15-4-3-7-21(13-15)29(2,23)24/h5-6,12,15H,3-4,7-11,13H2,1-2H3,(H,19,22). The van der Waals surface area contributed by atoms with E-state index in [0.29, 0.717) is 32.6 Å². The summed E-state index contributed by atoms with van der Waals surface area (Å²) in [5.41, 5.74) is 0.166. The van der Waals surface area contributed by atoms with Gasteiger partial charge in [0.1, 0.15) is 10.6 Å². The SMILES string of the molecule is COc1ccc(C(=O)NC2CCCN(S(C)(=O)=O)C2)cc1S(=O)(=O)N1CCOCC1. The Morgan fingerprint density at radius 2 is 1.83 bits per heavy atom. The number of nitrogens with zero attached hydrogens (tertiary/aromatic N) is 2. The largest absolute Gasteiger partial charge is 0.495 e. The monoisotopic (exact) mass is 461 g/mol. The van der Waals surface area contributed by atoms with E-state index in [2.05, 4.69) is 5.32 Å². The molecule has 1 aromatic rings. The lowest BCUT2D eigenvalue weighted by Gasteiger charge is -2.31. The summed E-state index contributed by atoms with van der Waals surface area (Å²) >= 11 is 0. The quantitative estimate of drug-likeness (QED) is 0.626. The molecule has 2 heterocycles. The molecule has 10 nitrogen and oxygen atoms in total. The molecule has 168 valence electrons. The second-order valence-corrected chi connectivity index (χ2v) is 11.2. The van der Waals surface area contributed by atoms with E-state index in [1.807, 2.05) is 0 Å². The van der Waals surface area contributed by atoms with E-state index in [-0.39, 0.29) is 41.9 Å². The summed E-state index contributed by atoms with van der Waals surface area (Å²) in [5.74, 6) is -0.310. The van der Waals surface area contributed by atoms with Crippen molar-refractivity contribution in [2.45, 2.75) is 23.8 Å². The molecule has 1 N–H and O–H groups in total. The number of hydrogen-bond acceptors (Lipinski definition) is 7. The fraction of sp³-hybridized carbons (Fsp3) is 0.611. The topological polar surface area (TPSA) is 122 Å². The Morgan fingerprint density at radius 3 is 2.47 bits per heavy atom. The van der Waals surface area contributed by atoms with Crippen LogP contribution in [0.25, 0.3) is 0 Å². The third-order valence-corrected chi connectivity index (χ3v) is 8.39. The van der Waals surface area contributed by atoms with Gasteiger partial charge in [-0.15, -0.1) is 0 Å². The van der Waals surface area contributed by atoms with Crippen LogP contribution in [0.4, 0.5) is 0 Å². The van der Waals surface area contributed by atoms with Crippen LogP contribution < -0.4 is 10.1 Å². The number of ether oxygens (including phenoxy) is 2. The van der Waals surface area contributed by atoms with E-state index < -0.39 is 26.0 Å². The summed E-state index contributed by atoms with van der Waals surface area (Å²) < 4.78 is 62.8. The number of piperidine rings is 1. The Balaban J connectivity index is 1.81. The fourth-order valence-corrected chi connectivity index (χ4v) is 6.08. The lowest BCUT2D eigenvalue weighted by molar-refractivity contribution is 0.0729. The molecule has 12 heteroatoms. The maximum atomic E-state index is 13.1. The zero-order valence-electron chi connectivity index (χ0n) is 17.0. The normalized spacial score (nSPS) is 21.9. The summed E-state index contributed by atoms with van der Waals surface area (Å²) in [6.07, 6.45) is 2.42. The van der Waals surface area contributed by atoms with Crippen LogP contribution >= 0.6 is 0 Å². The van der Waals surface area contributed by atoms with E-state index in [9.17, 15) is 21.6 Å². The van der Waals surface area contributed by atoms with Gasteiger partial charge in [0.15, 0.2) is 0 Å². The van der Waals surface area contributed by atoms with Crippen LogP contribution in [0.3, 0.4) is 0 Å². The lowest BCUT2D eigenvalue weighted by Crippen LogP contribution is -2.49. The minimum atomic E-state index is -3.86. The van der Waals surface area contributed by atoms with Gasteiger partial charge >= 0.3 is 0 Å². The number of methoxy groups -OCH3 is 1. The molecule has 1 unspecified atom stereocenters. The van der Waals surface area contributed by atoms with Gasteiger partial charge in [-0.1, -0.05) is 0 Å². The van der Waals surface area contributed by atoms with Gasteiger partial charge in [0, 0.05) is 37.8 Å². The van der Waals surface area contributed by atoms with Crippen molar-refractivity contribution in [2.24, 2.45) is 0 Å². The van der Waals surface area contributed by atoms with Gasteiger partial charge in [-0.05, 0) is 31.0 Å². The molecule has 0 bridgehead atoms. The summed E-state index contributed by atoms with van der Waals surface area (Å²) in [4.78, 5) is 12.7. The molecule has 0 aliphatic carbocycles. The van der Waals surface area contributed by atoms with E-state index in [4.69, 9.17) is 9.47 Å². The Labute approximate surface area is 177 Å². The molecule has 0 saturated carbocycles. The van der Waals surface area contributed by atoms with Crippen molar-refractivity contribution in [3.63, 3.8) is 0 Å². The second kappa shape index (κ2) is 9.18. The number of rotatable bonds is 6. The van der Waals surface area contributed by atoms with Crippen LogP contribution in [-0.4, -0.2) is 90.2 Å². The van der Waals surface area contributed by atoms with E-state index in [1.165, 1.54) is 33.9 Å². The minimum absolute atomic E-state index is 0.0824. The number of benzene rings is 1. The number of sulfonamides is 2. The first-order chi connectivity index (χ1) is 14.1. The summed E-state index contributed by atoms with van der Waals surface area (Å²) in [5, 5.41) is 2.82. The summed E-state index contributed by atoms with van der Waals surface area (Å²) in [6.45, 7) is 1.69. The number of hydrogen-bond donors (Lipinski definition) is 1. The molecule has 0 radical (unpaired) electrons. The van der Waals surface area contributed by atoms with Crippen LogP contribution in [0.5, 0.6) is 5.75 Å². The molecule has 1 amide bonds. The van der Waals surface area contributed by atoms with Gasteiger partial charge < -0.3 is 14.8 Å². The minimum Gasteiger partial charge on any atom is -0.495 e. The van der Waals surface area contributed by atoms with Crippen molar-refractivity contribution >= 4 is 26.0 Å². The molecular formula is C18H27N3O7S2. The Morgan fingerprint density at radius 1 is 1.13 bits per heavy atom. The van der Waals surface area contributed by atoms with Crippen LogP contribution in [0.2, 0.25) is 0 Å². The van der Waals surface area contributed by atoms with Crippen LogP contribution in [0.1, 0.15) is 23.2 Å². The van der Waals surface area contributed by atoms with Gasteiger partial charge in [-0.3, -0.25) is 4.79 Å². The first kappa shape index (κ1) is 22.9. The van der Waals surface area contributed by atoms with Gasteiger partial charge in [0.2, 0.25) is 20.0 Å². The van der Waals surface area contributed by atoms with Crippen LogP contribution in [0.15, 0.2) is 23.1 Å². The zero-order chi connectivity index (χ0) is 21.9. The molecule has 2 fully saturated rings. The van der Waals surface area contributed by atoms with Gasteiger partial charge in [-0.2, -0.15) is 4.31 Å². The number of nitrogens with one attached hydrogen (secondary N) is 1. The van der Waals surface area contributed by atoms with Crippen molar-refractivity contribution in [1.29, 1.82) is 0 Å². The summed E-state index contributed by atoms with van der Waals surface area (Å²) in [6, 6.07) is 3.90. The average Bonchev–Trinajstić information content (AvgIpc) is 2.73. The summed E-state index contributed by atoms with van der Waals surface area (Å²) in [7, 11) is -5.83. The van der Waals surface area contributed by atoms with Crippen molar-refractivity contribution < 1.29 is 31.1 Å². The maximum Gasteiger partial charge on any atom is 0.251 e. The third kappa shape index (κ3) is 5.11. The Bertz CT molecular complexity index is 989. The zero-order valence-corrected chi connectivity index (χ0v) is 18.7. The Kier molecular flexibility index (Phi) is 7.02. The number of amides is 1. The molecular weight excluding hydrogens is 434 g/mol. The fourth-order valence-electron chi connectivity index (χ4n) is 3.58. The molecule has 1 atom stereocenters. The molecule has 2 saturated heterocycles. The molecule has 1 aromatic carbocycles. The van der Waals surface area contributed by atoms with Gasteiger partial charge in [0.25, 0.3) is 5.91 Å². The maximum absolute atomic E-state index is 13.1. The van der Waals surface area contributed by atoms with Gasteiger partial charge in [-0.25, -0.2) is 21.1 Å². The van der Waals surface area contributed by atoms with E-state index in [0.717, 1.165) is 6.26 Å². The van der Waals surface area contributed by atoms with Crippen molar-refractivity contribution in [3.8, 4) is 5.75 Å². The number of carbonyl (C=O) groups excluding carboxylic acids is 1. The van der Waals surface area contributed by atoms with E-state index in [1.54, 1.807) is 0 Å². The highest BCUT2D eigenvalue weighted by Crippen LogP contribution is 2.28. The molecule has 0 aromatic heterocycles. The van der Waals surface area contributed by atoms with Crippen molar-refractivity contribution in [2.75, 3.05) is 52.8 Å². The first-order valence-electron chi connectivity index (χ1n) is 9.65. The predicted molar refractivity (Wildman–Crippen MR) is 109 cm³/mol. The molecule has 2 aliphatic rings. The molecule has 3 rings (SSSR count). The molecule has 30 heavy (non-hydrogen) atoms. The predicted octanol–water partition coefficient (Wildman–Crippen LogP) is -0.130. The molecule has 2 aliphatic heterocycles. The highest BCUT2D eigenvalue weighted by atomic mass is 32.2. The first-order valence-corrected chi connectivity index (χ1v) is 12.9. The van der Waals surface area contributed by atoms with Crippen molar-refractivity contribution in [1.82, 2.24) is 13.9 Å². The number of morpholine rings is 1. The molecule has 0 spiro atoms. The highest BCUT2D eigenvalue weighted by Gasteiger charge is 2.31. The third-order valence-electron chi connectivity index (χ3n) is 5.20. The average molecular weight is 462 g/mol. The Hall–Kier alpha value is -1.73. The van der Waals surface area contributed by atoms with Crippen molar-refractivity contribution in [3.05, 3.63) is 23.8 Å². The second-order valence-electron chi connectivity index (χ2n) is 7.32. The smallest absolute Gasteiger partial charge is 0.251 e. The van der Waals surface area contributed by atoms with E-state index >= 15 is 0 Å². The highest BCUT2D eigenvalue weighted by molar-refractivity contribution is 7.89.